The quantitative estimate of drug-likeness (QED) is 0.689. The number of hydrogen-bond donors (Lipinski definition) is 1. The number of hydrogen-bond acceptors (Lipinski definition) is 4. The van der Waals surface area contributed by atoms with Gasteiger partial charge in [-0.15, -0.1) is 0 Å². The highest BCUT2D eigenvalue weighted by Crippen LogP contribution is 2.25. The molecule has 2 saturated heterocycles. The van der Waals surface area contributed by atoms with Crippen LogP contribution in [0, 0.1) is 5.92 Å². The van der Waals surface area contributed by atoms with Gasteiger partial charge in [-0.25, -0.2) is 4.79 Å². The number of aliphatic carboxylic acids is 1. The van der Waals surface area contributed by atoms with E-state index >= 15 is 0 Å². The Morgan fingerprint density at radius 3 is 2.47 bits per heavy atom. The van der Waals surface area contributed by atoms with Crippen LogP contribution in [-0.4, -0.2) is 47.0 Å². The first kappa shape index (κ1) is 12.0. The van der Waals surface area contributed by atoms with Crippen LogP contribution in [0.5, 0.6) is 0 Å². The standard InChI is InChI=1S/C11H15NO5/c13-9-2-1-8(11(15)16)12(9)10(14)7-3-5-17-6-4-7/h7-8H,1-6H2,(H,15,16). The Labute approximate surface area is 98.5 Å². The van der Waals surface area contributed by atoms with E-state index in [9.17, 15) is 14.4 Å². The van der Waals surface area contributed by atoms with Crippen molar-refractivity contribution in [2.45, 2.75) is 31.7 Å². The van der Waals surface area contributed by atoms with Crippen molar-refractivity contribution in [3.05, 3.63) is 0 Å². The molecule has 17 heavy (non-hydrogen) atoms. The molecule has 0 spiro atoms. The van der Waals surface area contributed by atoms with E-state index in [-0.39, 0.29) is 30.6 Å². The highest BCUT2D eigenvalue weighted by Gasteiger charge is 2.42. The molecule has 0 aromatic rings. The van der Waals surface area contributed by atoms with Gasteiger partial charge in [0.25, 0.3) is 0 Å². The number of rotatable bonds is 2. The lowest BCUT2D eigenvalue weighted by atomic mass is 9.98. The third-order valence-corrected chi connectivity index (χ3v) is 3.31. The number of carbonyl (C=O) groups is 3. The van der Waals surface area contributed by atoms with Crippen molar-refractivity contribution in [2.24, 2.45) is 5.92 Å². The fourth-order valence-corrected chi connectivity index (χ4v) is 2.34. The molecular weight excluding hydrogens is 226 g/mol. The van der Waals surface area contributed by atoms with Crippen LogP contribution in [0.15, 0.2) is 0 Å². The molecule has 1 atom stereocenters. The smallest absolute Gasteiger partial charge is 0.326 e. The Morgan fingerprint density at radius 1 is 1.24 bits per heavy atom. The van der Waals surface area contributed by atoms with E-state index in [2.05, 4.69) is 0 Å². The highest BCUT2D eigenvalue weighted by molar-refractivity contribution is 6.02. The fourth-order valence-electron chi connectivity index (χ4n) is 2.34. The molecule has 6 heteroatoms. The predicted octanol–water partition coefficient (Wildman–Crippen LogP) is 0.0152. The average molecular weight is 241 g/mol. The van der Waals surface area contributed by atoms with Gasteiger partial charge in [-0.05, 0) is 19.3 Å². The van der Waals surface area contributed by atoms with Crippen LogP contribution in [0.25, 0.3) is 0 Å². The lowest BCUT2D eigenvalue weighted by Crippen LogP contribution is -2.46. The van der Waals surface area contributed by atoms with Gasteiger partial charge < -0.3 is 9.84 Å². The van der Waals surface area contributed by atoms with Crippen LogP contribution in [-0.2, 0) is 19.1 Å². The van der Waals surface area contributed by atoms with E-state index in [1.165, 1.54) is 0 Å². The molecule has 2 aliphatic heterocycles. The molecule has 0 bridgehead atoms. The van der Waals surface area contributed by atoms with Crippen LogP contribution in [0.4, 0.5) is 0 Å². The molecule has 0 aliphatic carbocycles. The Kier molecular flexibility index (Phi) is 3.42. The minimum atomic E-state index is -1.10. The summed E-state index contributed by atoms with van der Waals surface area (Å²) in [7, 11) is 0. The van der Waals surface area contributed by atoms with Gasteiger partial charge in [0, 0.05) is 25.6 Å². The molecule has 2 amide bonds. The summed E-state index contributed by atoms with van der Waals surface area (Å²) in [6.45, 7) is 0.992. The molecule has 0 aromatic heterocycles. The van der Waals surface area contributed by atoms with Crippen molar-refractivity contribution in [3.8, 4) is 0 Å². The zero-order valence-electron chi connectivity index (χ0n) is 9.42. The maximum atomic E-state index is 12.1. The number of carboxylic acid groups (broad SMARTS) is 1. The van der Waals surface area contributed by atoms with Crippen LogP contribution in [0.2, 0.25) is 0 Å². The van der Waals surface area contributed by atoms with E-state index in [1.54, 1.807) is 0 Å². The maximum absolute atomic E-state index is 12.1. The van der Waals surface area contributed by atoms with Crippen LogP contribution < -0.4 is 0 Å². The van der Waals surface area contributed by atoms with Gasteiger partial charge in [0.05, 0.1) is 0 Å². The molecule has 2 heterocycles. The van der Waals surface area contributed by atoms with Gasteiger partial charge in [-0.2, -0.15) is 0 Å². The summed E-state index contributed by atoms with van der Waals surface area (Å²) < 4.78 is 5.14. The minimum absolute atomic E-state index is 0.145. The summed E-state index contributed by atoms with van der Waals surface area (Å²) in [6.07, 6.45) is 1.50. The number of ether oxygens (including phenoxy) is 1. The van der Waals surface area contributed by atoms with Crippen LogP contribution >= 0.6 is 0 Å². The molecule has 0 radical (unpaired) electrons. The Hall–Kier alpha value is -1.43. The topological polar surface area (TPSA) is 83.9 Å². The third-order valence-electron chi connectivity index (χ3n) is 3.31. The Balaban J connectivity index is 2.10. The molecule has 6 nitrogen and oxygen atoms in total. The van der Waals surface area contributed by atoms with Gasteiger partial charge in [-0.3, -0.25) is 14.5 Å². The van der Waals surface area contributed by atoms with E-state index in [4.69, 9.17) is 9.84 Å². The molecule has 0 aromatic carbocycles. The summed E-state index contributed by atoms with van der Waals surface area (Å²) in [5.74, 6) is -2.08. The van der Waals surface area contributed by atoms with Crippen molar-refractivity contribution < 1.29 is 24.2 Å². The Bertz CT molecular complexity index is 348. The van der Waals surface area contributed by atoms with Crippen molar-refractivity contribution in [2.75, 3.05) is 13.2 Å². The number of amides is 2. The summed E-state index contributed by atoms with van der Waals surface area (Å²) in [5, 5.41) is 8.98. The molecule has 1 unspecified atom stereocenters. The lowest BCUT2D eigenvalue weighted by Gasteiger charge is -2.27. The third kappa shape index (κ3) is 2.31. The second kappa shape index (κ2) is 4.83. The van der Waals surface area contributed by atoms with Gasteiger partial charge in [-0.1, -0.05) is 0 Å². The largest absolute Gasteiger partial charge is 0.480 e. The predicted molar refractivity (Wildman–Crippen MR) is 56.1 cm³/mol. The first-order chi connectivity index (χ1) is 8.11. The second-order valence-electron chi connectivity index (χ2n) is 4.38. The van der Waals surface area contributed by atoms with Gasteiger partial charge in [0.2, 0.25) is 11.8 Å². The molecule has 2 rings (SSSR count). The normalized spacial score (nSPS) is 26.2. The zero-order valence-corrected chi connectivity index (χ0v) is 9.42. The average Bonchev–Trinajstić information content (AvgIpc) is 2.71. The SMILES string of the molecule is O=C(O)C1CCC(=O)N1C(=O)C1CCOCC1. The highest BCUT2D eigenvalue weighted by atomic mass is 16.5. The van der Waals surface area contributed by atoms with Crippen molar-refractivity contribution in [1.29, 1.82) is 0 Å². The molecular formula is C11H15NO5. The van der Waals surface area contributed by atoms with Crippen molar-refractivity contribution in [1.82, 2.24) is 4.90 Å². The van der Waals surface area contributed by atoms with Gasteiger partial charge in [0.1, 0.15) is 6.04 Å². The number of imide groups is 1. The van der Waals surface area contributed by atoms with E-state index < -0.39 is 12.0 Å². The van der Waals surface area contributed by atoms with E-state index in [0.29, 0.717) is 26.1 Å². The Morgan fingerprint density at radius 2 is 1.88 bits per heavy atom. The minimum Gasteiger partial charge on any atom is -0.480 e. The fraction of sp³-hybridized carbons (Fsp3) is 0.727. The van der Waals surface area contributed by atoms with Crippen LogP contribution in [0.3, 0.4) is 0 Å². The summed E-state index contributed by atoms with van der Waals surface area (Å²) in [4.78, 5) is 35.6. The first-order valence-corrected chi connectivity index (χ1v) is 5.77. The summed E-state index contributed by atoms with van der Waals surface area (Å²) >= 11 is 0. The molecule has 2 aliphatic rings. The van der Waals surface area contributed by atoms with E-state index in [1.807, 2.05) is 0 Å². The van der Waals surface area contributed by atoms with Gasteiger partial charge >= 0.3 is 5.97 Å². The molecule has 1 N–H and O–H groups in total. The zero-order chi connectivity index (χ0) is 12.4. The first-order valence-electron chi connectivity index (χ1n) is 5.77. The number of carboxylic acids is 1. The number of carbonyl (C=O) groups excluding carboxylic acids is 2. The second-order valence-corrected chi connectivity index (χ2v) is 4.38. The molecule has 2 fully saturated rings. The van der Waals surface area contributed by atoms with Crippen molar-refractivity contribution >= 4 is 17.8 Å². The maximum Gasteiger partial charge on any atom is 0.326 e. The summed E-state index contributed by atoms with van der Waals surface area (Å²) in [5.41, 5.74) is 0. The van der Waals surface area contributed by atoms with Crippen molar-refractivity contribution in [3.63, 3.8) is 0 Å². The molecule has 0 saturated carbocycles. The lowest BCUT2D eigenvalue weighted by molar-refractivity contribution is -0.157. The summed E-state index contributed by atoms with van der Waals surface area (Å²) in [6, 6.07) is -0.974. The van der Waals surface area contributed by atoms with Gasteiger partial charge in [0.15, 0.2) is 0 Å². The van der Waals surface area contributed by atoms with Crippen LogP contribution in [0.1, 0.15) is 25.7 Å². The molecule has 94 valence electrons. The monoisotopic (exact) mass is 241 g/mol. The van der Waals surface area contributed by atoms with E-state index in [0.717, 1.165) is 4.90 Å². The number of likely N-dealkylation sites (tertiary alicyclic amines) is 1. The number of nitrogens with zero attached hydrogens (tertiary/aromatic N) is 1.